The number of benzene rings is 1. The van der Waals surface area contributed by atoms with Crippen LogP contribution in [0.2, 0.25) is 0 Å². The highest BCUT2D eigenvalue weighted by atomic mass is 32.1. The van der Waals surface area contributed by atoms with Crippen LogP contribution in [0.25, 0.3) is 0 Å². The Labute approximate surface area is 171 Å². The van der Waals surface area contributed by atoms with Gasteiger partial charge in [-0.15, -0.1) is 11.3 Å². The molecule has 28 heavy (non-hydrogen) atoms. The van der Waals surface area contributed by atoms with Gasteiger partial charge >= 0.3 is 0 Å². The van der Waals surface area contributed by atoms with Crippen LogP contribution in [0.4, 0.5) is 0 Å². The molecule has 2 aromatic rings. The first-order chi connectivity index (χ1) is 13.3. The Bertz CT molecular complexity index is 828. The van der Waals surface area contributed by atoms with E-state index in [4.69, 9.17) is 9.47 Å². The topological polar surface area (TPSA) is 64.6 Å². The van der Waals surface area contributed by atoms with Gasteiger partial charge in [0, 0.05) is 28.2 Å². The fraction of sp³-hybridized carbons (Fsp3) is 0.455. The minimum Gasteiger partial charge on any atom is -0.490 e. The average molecular weight is 404 g/mol. The summed E-state index contributed by atoms with van der Waals surface area (Å²) in [6, 6.07) is 7.38. The quantitative estimate of drug-likeness (QED) is 0.567. The third-order valence-corrected chi connectivity index (χ3v) is 5.33. The fourth-order valence-corrected chi connectivity index (χ4v) is 3.95. The molecule has 0 aliphatic rings. The summed E-state index contributed by atoms with van der Waals surface area (Å²) in [6.45, 7) is 10.8. The standard InChI is InChI=1S/C22H29NO4S/c1-6-26-20-10-8-17(13-21(20)27-7-2)15(4)23-22(25)11-9-19(24)18-12-14(3)28-16(18)5/h8,10,12-13,15H,6-7,9,11H2,1-5H3,(H,23,25)/t15-/m0/s1. The molecule has 1 aromatic carbocycles. The SMILES string of the molecule is CCOc1ccc([C@H](C)NC(=O)CCC(=O)c2cc(C)sc2C)cc1OCC. The largest absolute Gasteiger partial charge is 0.490 e. The van der Waals surface area contributed by atoms with Crippen LogP contribution in [-0.2, 0) is 4.79 Å². The zero-order chi connectivity index (χ0) is 20.7. The van der Waals surface area contributed by atoms with Gasteiger partial charge in [0.1, 0.15) is 0 Å². The van der Waals surface area contributed by atoms with Gasteiger partial charge in [-0.05, 0) is 58.4 Å². The molecule has 1 heterocycles. The van der Waals surface area contributed by atoms with Crippen LogP contribution in [0.15, 0.2) is 24.3 Å². The van der Waals surface area contributed by atoms with Gasteiger partial charge in [-0.25, -0.2) is 0 Å². The molecular weight excluding hydrogens is 374 g/mol. The highest BCUT2D eigenvalue weighted by Crippen LogP contribution is 2.30. The summed E-state index contributed by atoms with van der Waals surface area (Å²) in [6.07, 6.45) is 0.385. The molecule has 0 spiro atoms. The minimum absolute atomic E-state index is 0.0179. The predicted octanol–water partition coefficient (Wildman–Crippen LogP) is 5.00. The Hall–Kier alpha value is -2.34. The second kappa shape index (κ2) is 10.3. The number of hydrogen-bond acceptors (Lipinski definition) is 5. The first kappa shape index (κ1) is 22.0. The van der Waals surface area contributed by atoms with Crippen molar-refractivity contribution in [2.45, 2.75) is 53.5 Å². The Balaban J connectivity index is 1.95. The molecule has 6 heteroatoms. The highest BCUT2D eigenvalue weighted by Gasteiger charge is 2.16. The molecule has 0 saturated heterocycles. The molecule has 0 radical (unpaired) electrons. The minimum atomic E-state index is -0.192. The van der Waals surface area contributed by atoms with Crippen LogP contribution < -0.4 is 14.8 Å². The fourth-order valence-electron chi connectivity index (χ4n) is 3.00. The number of nitrogens with one attached hydrogen (secondary N) is 1. The van der Waals surface area contributed by atoms with Gasteiger partial charge < -0.3 is 14.8 Å². The van der Waals surface area contributed by atoms with E-state index < -0.39 is 0 Å². The van der Waals surface area contributed by atoms with Crippen molar-refractivity contribution in [2.75, 3.05) is 13.2 Å². The van der Waals surface area contributed by atoms with Gasteiger partial charge in [-0.2, -0.15) is 0 Å². The van der Waals surface area contributed by atoms with Crippen LogP contribution in [-0.4, -0.2) is 24.9 Å². The van der Waals surface area contributed by atoms with Crippen LogP contribution >= 0.6 is 11.3 Å². The number of ketones is 1. The molecule has 0 aliphatic carbocycles. The molecule has 1 amide bonds. The lowest BCUT2D eigenvalue weighted by atomic mass is 10.1. The van der Waals surface area contributed by atoms with Crippen molar-refractivity contribution >= 4 is 23.0 Å². The Morgan fingerprint density at radius 3 is 2.32 bits per heavy atom. The van der Waals surface area contributed by atoms with Crippen molar-refractivity contribution in [1.29, 1.82) is 0 Å². The summed E-state index contributed by atoms with van der Waals surface area (Å²) < 4.78 is 11.2. The van der Waals surface area contributed by atoms with Gasteiger partial charge in [0.05, 0.1) is 19.3 Å². The first-order valence-electron chi connectivity index (χ1n) is 9.64. The van der Waals surface area contributed by atoms with E-state index in [2.05, 4.69) is 5.32 Å². The van der Waals surface area contributed by atoms with Crippen LogP contribution in [0.3, 0.4) is 0 Å². The number of hydrogen-bond donors (Lipinski definition) is 1. The zero-order valence-electron chi connectivity index (χ0n) is 17.3. The normalized spacial score (nSPS) is 11.8. The van der Waals surface area contributed by atoms with Crippen molar-refractivity contribution < 1.29 is 19.1 Å². The molecule has 152 valence electrons. The van der Waals surface area contributed by atoms with Gasteiger partial charge in [0.2, 0.25) is 5.91 Å². The van der Waals surface area contributed by atoms with E-state index in [9.17, 15) is 9.59 Å². The van der Waals surface area contributed by atoms with Crippen molar-refractivity contribution in [1.82, 2.24) is 5.32 Å². The molecule has 1 aromatic heterocycles. The second-order valence-electron chi connectivity index (χ2n) is 6.61. The summed E-state index contributed by atoms with van der Waals surface area (Å²) in [5.74, 6) is 1.24. The molecule has 0 unspecified atom stereocenters. The predicted molar refractivity (Wildman–Crippen MR) is 113 cm³/mol. The van der Waals surface area contributed by atoms with Crippen molar-refractivity contribution in [3.05, 3.63) is 45.1 Å². The first-order valence-corrected chi connectivity index (χ1v) is 10.5. The highest BCUT2D eigenvalue weighted by molar-refractivity contribution is 7.12. The van der Waals surface area contributed by atoms with E-state index >= 15 is 0 Å². The van der Waals surface area contributed by atoms with Crippen molar-refractivity contribution in [2.24, 2.45) is 0 Å². The molecule has 2 rings (SSSR count). The summed E-state index contributed by atoms with van der Waals surface area (Å²) in [7, 11) is 0. The molecule has 1 N–H and O–H groups in total. The van der Waals surface area contributed by atoms with Crippen molar-refractivity contribution in [3.8, 4) is 11.5 Å². The number of rotatable bonds is 10. The summed E-state index contributed by atoms with van der Waals surface area (Å²) >= 11 is 1.61. The number of ether oxygens (including phenoxy) is 2. The molecule has 1 atom stereocenters. The van der Waals surface area contributed by atoms with E-state index in [0.29, 0.717) is 24.7 Å². The van der Waals surface area contributed by atoms with Gasteiger partial charge in [0.25, 0.3) is 0 Å². The van der Waals surface area contributed by atoms with E-state index in [-0.39, 0.29) is 30.6 Å². The number of carbonyl (C=O) groups is 2. The molecule has 0 saturated carbocycles. The maximum absolute atomic E-state index is 12.4. The van der Waals surface area contributed by atoms with Gasteiger partial charge in [0.15, 0.2) is 17.3 Å². The van der Waals surface area contributed by atoms with Crippen molar-refractivity contribution in [3.63, 3.8) is 0 Å². The van der Waals surface area contributed by atoms with E-state index in [0.717, 1.165) is 20.9 Å². The Kier molecular flexibility index (Phi) is 8.05. The van der Waals surface area contributed by atoms with E-state index in [1.54, 1.807) is 11.3 Å². The number of carbonyl (C=O) groups excluding carboxylic acids is 2. The molecule has 5 nitrogen and oxygen atoms in total. The lowest BCUT2D eigenvalue weighted by molar-refractivity contribution is -0.121. The molecule has 0 fully saturated rings. The Morgan fingerprint density at radius 2 is 1.71 bits per heavy atom. The molecular formula is C22H29NO4S. The maximum atomic E-state index is 12.4. The second-order valence-corrected chi connectivity index (χ2v) is 8.07. The third kappa shape index (κ3) is 5.83. The van der Waals surface area contributed by atoms with Crippen LogP contribution in [0.5, 0.6) is 11.5 Å². The van der Waals surface area contributed by atoms with Crippen LogP contribution in [0.1, 0.15) is 65.3 Å². The molecule has 0 bridgehead atoms. The lowest BCUT2D eigenvalue weighted by Gasteiger charge is -2.17. The maximum Gasteiger partial charge on any atom is 0.220 e. The summed E-state index contributed by atoms with van der Waals surface area (Å²) in [4.78, 5) is 26.8. The van der Waals surface area contributed by atoms with Crippen LogP contribution in [0, 0.1) is 13.8 Å². The van der Waals surface area contributed by atoms with E-state index in [1.165, 1.54) is 0 Å². The number of aryl methyl sites for hydroxylation is 2. The van der Waals surface area contributed by atoms with Gasteiger partial charge in [-0.3, -0.25) is 9.59 Å². The molecule has 0 aliphatic heterocycles. The summed E-state index contributed by atoms with van der Waals surface area (Å²) in [5, 5.41) is 2.96. The number of Topliss-reactive ketones (excluding diaryl/α,β-unsaturated/α-hetero) is 1. The zero-order valence-corrected chi connectivity index (χ0v) is 18.1. The third-order valence-electron chi connectivity index (χ3n) is 4.37. The summed E-state index contributed by atoms with van der Waals surface area (Å²) in [5.41, 5.74) is 1.66. The smallest absolute Gasteiger partial charge is 0.220 e. The van der Waals surface area contributed by atoms with E-state index in [1.807, 2.05) is 58.9 Å². The lowest BCUT2D eigenvalue weighted by Crippen LogP contribution is -2.27. The average Bonchev–Trinajstić information content (AvgIpc) is 2.99. The Morgan fingerprint density at radius 1 is 1.04 bits per heavy atom. The monoisotopic (exact) mass is 403 g/mol. The number of thiophene rings is 1. The van der Waals surface area contributed by atoms with Gasteiger partial charge in [-0.1, -0.05) is 6.07 Å². The number of amides is 1.